The van der Waals surface area contributed by atoms with Gasteiger partial charge in [-0.1, -0.05) is 6.92 Å². The highest BCUT2D eigenvalue weighted by atomic mass is 32.2. The van der Waals surface area contributed by atoms with Gasteiger partial charge in [0.2, 0.25) is 0 Å². The van der Waals surface area contributed by atoms with E-state index in [1.807, 2.05) is 14.1 Å². The van der Waals surface area contributed by atoms with Crippen molar-refractivity contribution in [1.29, 1.82) is 0 Å². The fourth-order valence-corrected chi connectivity index (χ4v) is 1.73. The molecule has 98 valence electrons. The summed E-state index contributed by atoms with van der Waals surface area (Å²) in [5, 5.41) is 3.24. The molecule has 0 heterocycles. The van der Waals surface area contributed by atoms with Crippen LogP contribution >= 0.6 is 0 Å². The van der Waals surface area contributed by atoms with Gasteiger partial charge < -0.3 is 10.2 Å². The highest BCUT2D eigenvalue weighted by Crippen LogP contribution is 2.13. The molecule has 0 saturated carbocycles. The lowest BCUT2D eigenvalue weighted by Crippen LogP contribution is -2.46. The number of hydrogen-bond acceptors (Lipinski definition) is 4. The third kappa shape index (κ3) is 4.80. The first-order valence-electron chi connectivity index (χ1n) is 5.68. The molecule has 0 fully saturated rings. The summed E-state index contributed by atoms with van der Waals surface area (Å²) in [6.07, 6.45) is 2.34. The smallest absolute Gasteiger partial charge is 0.153 e. The van der Waals surface area contributed by atoms with Gasteiger partial charge in [-0.05, 0) is 34.4 Å². The van der Waals surface area contributed by atoms with Gasteiger partial charge in [0.1, 0.15) is 0 Å². The Labute approximate surface area is 100 Å². The van der Waals surface area contributed by atoms with Crippen LogP contribution in [0.1, 0.15) is 27.2 Å². The Morgan fingerprint density at radius 2 is 1.81 bits per heavy atom. The van der Waals surface area contributed by atoms with Crippen molar-refractivity contribution in [1.82, 2.24) is 10.2 Å². The van der Waals surface area contributed by atoms with Crippen LogP contribution in [0.25, 0.3) is 0 Å². The molecule has 0 radical (unpaired) electrons. The Morgan fingerprint density at radius 3 is 2.12 bits per heavy atom. The Balaban J connectivity index is 4.17. The summed E-state index contributed by atoms with van der Waals surface area (Å²) in [5.41, 5.74) is 0. The highest BCUT2D eigenvalue weighted by molar-refractivity contribution is 7.92. The normalized spacial score (nSPS) is 15.4. The number of hydrogen-bond donors (Lipinski definition) is 1. The van der Waals surface area contributed by atoms with E-state index < -0.39 is 14.6 Å². The van der Waals surface area contributed by atoms with Gasteiger partial charge in [0.15, 0.2) is 9.84 Å². The molecule has 16 heavy (non-hydrogen) atoms. The van der Waals surface area contributed by atoms with Crippen molar-refractivity contribution in [2.75, 3.05) is 33.4 Å². The van der Waals surface area contributed by atoms with Gasteiger partial charge >= 0.3 is 0 Å². The fraction of sp³-hybridized carbons (Fsp3) is 1.00. The molecule has 0 amide bonds. The molecule has 0 bridgehead atoms. The second-order valence-electron chi connectivity index (χ2n) is 5.19. The van der Waals surface area contributed by atoms with Crippen LogP contribution in [0.2, 0.25) is 0 Å². The van der Waals surface area contributed by atoms with Gasteiger partial charge in [0.25, 0.3) is 0 Å². The molecular formula is C11H26N2O2S. The maximum absolute atomic E-state index is 11.5. The third-order valence-electron chi connectivity index (χ3n) is 3.14. The first kappa shape index (κ1) is 15.9. The largest absolute Gasteiger partial charge is 0.314 e. The van der Waals surface area contributed by atoms with Gasteiger partial charge in [-0.25, -0.2) is 8.42 Å². The van der Waals surface area contributed by atoms with E-state index >= 15 is 0 Å². The number of nitrogens with one attached hydrogen (secondary N) is 1. The third-order valence-corrected chi connectivity index (χ3v) is 5.29. The maximum atomic E-state index is 11.5. The number of rotatable bonds is 7. The summed E-state index contributed by atoms with van der Waals surface area (Å²) in [6.45, 7) is 6.96. The molecule has 4 nitrogen and oxygen atoms in total. The SMILES string of the molecule is CCC(CNCC(C)(C)S(C)(=O)=O)N(C)C. The van der Waals surface area contributed by atoms with E-state index in [2.05, 4.69) is 17.1 Å². The van der Waals surface area contributed by atoms with Crippen LogP contribution in [0.15, 0.2) is 0 Å². The predicted octanol–water partition coefficient (Wildman–Crippen LogP) is 0.739. The average molecular weight is 250 g/mol. The highest BCUT2D eigenvalue weighted by Gasteiger charge is 2.29. The van der Waals surface area contributed by atoms with Gasteiger partial charge in [-0.2, -0.15) is 0 Å². The van der Waals surface area contributed by atoms with E-state index in [-0.39, 0.29) is 0 Å². The molecule has 0 aromatic heterocycles. The van der Waals surface area contributed by atoms with Gasteiger partial charge in [0.05, 0.1) is 4.75 Å². The first-order valence-corrected chi connectivity index (χ1v) is 7.57. The first-order chi connectivity index (χ1) is 7.12. The summed E-state index contributed by atoms with van der Waals surface area (Å²) >= 11 is 0. The summed E-state index contributed by atoms with van der Waals surface area (Å²) in [5.74, 6) is 0. The zero-order chi connectivity index (χ0) is 13.0. The molecule has 0 aromatic rings. The second-order valence-corrected chi connectivity index (χ2v) is 7.84. The van der Waals surface area contributed by atoms with Crippen molar-refractivity contribution >= 4 is 9.84 Å². The Morgan fingerprint density at radius 1 is 1.31 bits per heavy atom. The van der Waals surface area contributed by atoms with Crippen molar-refractivity contribution < 1.29 is 8.42 Å². The summed E-state index contributed by atoms with van der Waals surface area (Å²) < 4.78 is 22.3. The van der Waals surface area contributed by atoms with Gasteiger partial charge in [-0.15, -0.1) is 0 Å². The van der Waals surface area contributed by atoms with E-state index in [4.69, 9.17) is 0 Å². The zero-order valence-electron chi connectivity index (χ0n) is 11.4. The van der Waals surface area contributed by atoms with Crippen molar-refractivity contribution in [3.05, 3.63) is 0 Å². The standard InChI is InChI=1S/C11H26N2O2S/c1-7-10(13(4)5)8-12-9-11(2,3)16(6,14)15/h10,12H,7-9H2,1-6H3. The summed E-state index contributed by atoms with van der Waals surface area (Å²) in [6, 6.07) is 0.454. The molecule has 0 aliphatic heterocycles. The molecule has 1 unspecified atom stereocenters. The Kier molecular flexibility index (Phi) is 5.93. The van der Waals surface area contributed by atoms with Crippen LogP contribution in [0, 0.1) is 0 Å². The molecule has 0 spiro atoms. The molecular weight excluding hydrogens is 224 g/mol. The molecule has 0 aliphatic rings. The number of sulfone groups is 1. The van der Waals surface area contributed by atoms with Crippen molar-refractivity contribution in [3.63, 3.8) is 0 Å². The molecule has 0 rings (SSSR count). The molecule has 0 aromatic carbocycles. The van der Waals surface area contributed by atoms with E-state index in [1.165, 1.54) is 6.26 Å². The molecule has 1 atom stereocenters. The predicted molar refractivity (Wildman–Crippen MR) is 69.6 cm³/mol. The van der Waals surface area contributed by atoms with Gasteiger partial charge in [0, 0.05) is 25.4 Å². The van der Waals surface area contributed by atoms with Crippen LogP contribution in [0.4, 0.5) is 0 Å². The van der Waals surface area contributed by atoms with Crippen LogP contribution in [-0.4, -0.2) is 57.5 Å². The van der Waals surface area contributed by atoms with Crippen LogP contribution in [0.5, 0.6) is 0 Å². The van der Waals surface area contributed by atoms with E-state index in [9.17, 15) is 8.42 Å². The number of nitrogens with zero attached hydrogens (tertiary/aromatic N) is 1. The van der Waals surface area contributed by atoms with E-state index in [0.717, 1.165) is 13.0 Å². The lowest BCUT2D eigenvalue weighted by atomic mass is 10.2. The van der Waals surface area contributed by atoms with Crippen molar-refractivity contribution in [2.45, 2.75) is 38.0 Å². The molecule has 0 aliphatic carbocycles. The monoisotopic (exact) mass is 250 g/mol. The lowest BCUT2D eigenvalue weighted by Gasteiger charge is -2.27. The van der Waals surface area contributed by atoms with E-state index in [1.54, 1.807) is 13.8 Å². The second kappa shape index (κ2) is 5.98. The Bertz CT molecular complexity index is 297. The maximum Gasteiger partial charge on any atom is 0.153 e. The molecule has 1 N–H and O–H groups in total. The quantitative estimate of drug-likeness (QED) is 0.724. The van der Waals surface area contributed by atoms with Gasteiger partial charge in [-0.3, -0.25) is 0 Å². The van der Waals surface area contributed by atoms with Crippen molar-refractivity contribution in [2.24, 2.45) is 0 Å². The molecule has 5 heteroatoms. The Hall–Kier alpha value is -0.130. The number of likely N-dealkylation sites (N-methyl/N-ethyl adjacent to an activating group) is 1. The minimum atomic E-state index is -3.00. The van der Waals surface area contributed by atoms with E-state index in [0.29, 0.717) is 12.6 Å². The lowest BCUT2D eigenvalue weighted by molar-refractivity contribution is 0.274. The van der Waals surface area contributed by atoms with Crippen LogP contribution in [0.3, 0.4) is 0 Å². The minimum absolute atomic E-state index is 0.454. The fourth-order valence-electron chi connectivity index (χ4n) is 1.36. The minimum Gasteiger partial charge on any atom is -0.314 e. The summed E-state index contributed by atoms with van der Waals surface area (Å²) in [4.78, 5) is 2.15. The van der Waals surface area contributed by atoms with Crippen LogP contribution in [-0.2, 0) is 9.84 Å². The van der Waals surface area contributed by atoms with Crippen LogP contribution < -0.4 is 5.32 Å². The topological polar surface area (TPSA) is 49.4 Å². The van der Waals surface area contributed by atoms with Crippen molar-refractivity contribution in [3.8, 4) is 0 Å². The average Bonchev–Trinajstić information content (AvgIpc) is 2.09. The summed E-state index contributed by atoms with van der Waals surface area (Å²) in [7, 11) is 1.08. The molecule has 0 saturated heterocycles. The zero-order valence-corrected chi connectivity index (χ0v) is 12.2.